The number of nitrogens with zero attached hydrogens (tertiary/aromatic N) is 4. The molecule has 0 atom stereocenters. The lowest BCUT2D eigenvalue weighted by Crippen LogP contribution is -1.99. The first-order valence-corrected chi connectivity index (χ1v) is 6.64. The van der Waals surface area contributed by atoms with Crippen molar-refractivity contribution in [3.63, 3.8) is 0 Å². The molecule has 0 amide bonds. The van der Waals surface area contributed by atoms with Crippen molar-refractivity contribution in [1.29, 1.82) is 0 Å². The number of anilines is 2. The van der Waals surface area contributed by atoms with Crippen LogP contribution in [0, 0.1) is 0 Å². The minimum absolute atomic E-state index is 0.439. The second-order valence-corrected chi connectivity index (χ2v) is 4.88. The Morgan fingerprint density at radius 2 is 1.91 bits per heavy atom. The van der Waals surface area contributed by atoms with E-state index in [1.807, 2.05) is 36.4 Å². The van der Waals surface area contributed by atoms with Gasteiger partial charge in [0.05, 0.1) is 6.20 Å². The van der Waals surface area contributed by atoms with Crippen LogP contribution in [0.3, 0.4) is 0 Å². The zero-order valence-corrected chi connectivity index (χ0v) is 11.5. The number of aromatic nitrogens is 4. The first-order valence-electron chi connectivity index (χ1n) is 6.64. The normalized spacial score (nSPS) is 11.1. The molecule has 0 aliphatic rings. The highest BCUT2D eigenvalue weighted by molar-refractivity contribution is 5.73. The number of benzene rings is 1. The molecule has 0 bridgehead atoms. The molecule has 0 fully saturated rings. The van der Waals surface area contributed by atoms with Gasteiger partial charge in [-0.3, -0.25) is 0 Å². The second kappa shape index (κ2) is 4.59. The lowest BCUT2D eigenvalue weighted by molar-refractivity contribution is 0.429. The average Bonchev–Trinajstić information content (AvgIpc) is 3.16. The first-order chi connectivity index (χ1) is 10.7. The van der Waals surface area contributed by atoms with Gasteiger partial charge in [0.1, 0.15) is 5.82 Å². The van der Waals surface area contributed by atoms with E-state index in [0.29, 0.717) is 28.7 Å². The molecule has 108 valence electrons. The van der Waals surface area contributed by atoms with Crippen LogP contribution in [0.5, 0.6) is 0 Å². The van der Waals surface area contributed by atoms with Crippen LogP contribution in [-0.2, 0) is 0 Å². The van der Waals surface area contributed by atoms with Gasteiger partial charge in [0.15, 0.2) is 5.65 Å². The van der Waals surface area contributed by atoms with Gasteiger partial charge in [-0.15, -0.1) is 5.10 Å². The maximum absolute atomic E-state index is 6.08. The Kier molecular flexibility index (Phi) is 2.59. The minimum Gasteiger partial charge on any atom is -0.399 e. The standard InChI is InChI=1S/C15H12N6O/c16-11-3-1-2-9(6-11)10-7-13(17)21-14(8-10)19-15(20-21)12-4-5-18-22-12/h1-8H,16-17H2. The molecular formula is C15H12N6O. The summed E-state index contributed by atoms with van der Waals surface area (Å²) in [5, 5.41) is 7.99. The predicted molar refractivity (Wildman–Crippen MR) is 82.7 cm³/mol. The maximum Gasteiger partial charge on any atom is 0.220 e. The van der Waals surface area contributed by atoms with Gasteiger partial charge in [0, 0.05) is 11.8 Å². The van der Waals surface area contributed by atoms with Crippen molar-refractivity contribution in [2.45, 2.75) is 0 Å². The van der Waals surface area contributed by atoms with Gasteiger partial charge in [0.25, 0.3) is 0 Å². The van der Waals surface area contributed by atoms with Crippen LogP contribution in [0.4, 0.5) is 11.5 Å². The van der Waals surface area contributed by atoms with Crippen LogP contribution in [0.2, 0.25) is 0 Å². The molecule has 7 nitrogen and oxygen atoms in total. The van der Waals surface area contributed by atoms with Crippen molar-refractivity contribution < 1.29 is 4.52 Å². The summed E-state index contributed by atoms with van der Waals surface area (Å²) in [6.07, 6.45) is 1.54. The van der Waals surface area contributed by atoms with Crippen LogP contribution in [-0.4, -0.2) is 19.8 Å². The average molecular weight is 292 g/mol. The molecule has 4 N–H and O–H groups in total. The molecular weight excluding hydrogens is 280 g/mol. The fourth-order valence-electron chi connectivity index (χ4n) is 2.33. The van der Waals surface area contributed by atoms with E-state index >= 15 is 0 Å². The molecule has 0 spiro atoms. The summed E-state index contributed by atoms with van der Waals surface area (Å²) in [7, 11) is 0. The Balaban J connectivity index is 1.89. The molecule has 4 aromatic rings. The number of hydrogen-bond donors (Lipinski definition) is 2. The largest absolute Gasteiger partial charge is 0.399 e. The molecule has 0 radical (unpaired) electrons. The van der Waals surface area contributed by atoms with E-state index in [2.05, 4.69) is 15.2 Å². The molecule has 0 unspecified atom stereocenters. The fourth-order valence-corrected chi connectivity index (χ4v) is 2.33. The van der Waals surface area contributed by atoms with E-state index in [-0.39, 0.29) is 0 Å². The van der Waals surface area contributed by atoms with Gasteiger partial charge in [-0.2, -0.15) is 4.52 Å². The Bertz CT molecular complexity index is 958. The van der Waals surface area contributed by atoms with Crippen LogP contribution >= 0.6 is 0 Å². The van der Waals surface area contributed by atoms with Crippen molar-refractivity contribution in [2.75, 3.05) is 11.5 Å². The molecule has 0 saturated carbocycles. The van der Waals surface area contributed by atoms with Gasteiger partial charge in [-0.05, 0) is 35.4 Å². The predicted octanol–water partition coefficient (Wildman–Crippen LogP) is 2.22. The Hall–Kier alpha value is -3.35. The van der Waals surface area contributed by atoms with Crippen LogP contribution < -0.4 is 11.5 Å². The van der Waals surface area contributed by atoms with Gasteiger partial charge >= 0.3 is 0 Å². The zero-order chi connectivity index (χ0) is 15.1. The van der Waals surface area contributed by atoms with Crippen molar-refractivity contribution in [3.8, 4) is 22.7 Å². The maximum atomic E-state index is 6.08. The van der Waals surface area contributed by atoms with Gasteiger partial charge in [0.2, 0.25) is 11.6 Å². The second-order valence-electron chi connectivity index (χ2n) is 4.88. The summed E-state index contributed by atoms with van der Waals surface area (Å²) in [5.74, 6) is 1.41. The topological polar surface area (TPSA) is 108 Å². The van der Waals surface area contributed by atoms with Crippen molar-refractivity contribution in [2.24, 2.45) is 0 Å². The highest BCUT2D eigenvalue weighted by atomic mass is 16.5. The summed E-state index contributed by atoms with van der Waals surface area (Å²) in [6.45, 7) is 0. The van der Waals surface area contributed by atoms with Crippen molar-refractivity contribution in [3.05, 3.63) is 48.7 Å². The minimum atomic E-state index is 0.439. The van der Waals surface area contributed by atoms with Gasteiger partial charge in [-0.25, -0.2) is 4.98 Å². The number of pyridine rings is 1. The molecule has 1 aromatic carbocycles. The van der Waals surface area contributed by atoms with E-state index < -0.39 is 0 Å². The van der Waals surface area contributed by atoms with Crippen molar-refractivity contribution >= 4 is 17.2 Å². The summed E-state index contributed by atoms with van der Waals surface area (Å²) in [6, 6.07) is 13.0. The lowest BCUT2D eigenvalue weighted by Gasteiger charge is -2.05. The molecule has 4 rings (SSSR count). The number of fused-ring (bicyclic) bond motifs is 1. The van der Waals surface area contributed by atoms with E-state index in [1.54, 1.807) is 16.8 Å². The van der Waals surface area contributed by atoms with Gasteiger partial charge in [-0.1, -0.05) is 17.3 Å². The molecule has 7 heteroatoms. The summed E-state index contributed by atoms with van der Waals surface area (Å²) in [5.41, 5.74) is 15.1. The molecule has 0 saturated heterocycles. The number of rotatable bonds is 2. The molecule has 0 aliphatic carbocycles. The van der Waals surface area contributed by atoms with E-state index in [4.69, 9.17) is 16.0 Å². The quantitative estimate of drug-likeness (QED) is 0.548. The number of nitrogens with two attached hydrogens (primary N) is 2. The van der Waals surface area contributed by atoms with Crippen LogP contribution in [0.15, 0.2) is 53.2 Å². The monoisotopic (exact) mass is 292 g/mol. The van der Waals surface area contributed by atoms with E-state index in [0.717, 1.165) is 11.1 Å². The van der Waals surface area contributed by atoms with Crippen LogP contribution in [0.1, 0.15) is 0 Å². The Morgan fingerprint density at radius 1 is 1.00 bits per heavy atom. The van der Waals surface area contributed by atoms with E-state index in [1.165, 1.54) is 0 Å². The van der Waals surface area contributed by atoms with Crippen molar-refractivity contribution in [1.82, 2.24) is 19.8 Å². The molecule has 3 heterocycles. The number of nitrogen functional groups attached to an aromatic ring is 2. The summed E-state index contributed by atoms with van der Waals surface area (Å²) >= 11 is 0. The summed E-state index contributed by atoms with van der Waals surface area (Å²) < 4.78 is 6.64. The third kappa shape index (κ3) is 1.96. The molecule has 22 heavy (non-hydrogen) atoms. The fraction of sp³-hybridized carbons (Fsp3) is 0. The smallest absolute Gasteiger partial charge is 0.220 e. The third-order valence-corrected chi connectivity index (χ3v) is 3.34. The zero-order valence-electron chi connectivity index (χ0n) is 11.5. The molecule has 0 aliphatic heterocycles. The highest BCUT2D eigenvalue weighted by Gasteiger charge is 2.12. The van der Waals surface area contributed by atoms with Crippen LogP contribution in [0.25, 0.3) is 28.4 Å². The summed E-state index contributed by atoms with van der Waals surface area (Å²) in [4.78, 5) is 4.43. The highest BCUT2D eigenvalue weighted by Crippen LogP contribution is 2.26. The Labute approximate surface area is 125 Å². The third-order valence-electron chi connectivity index (χ3n) is 3.34. The SMILES string of the molecule is Nc1cccc(-c2cc(N)n3nc(-c4ccno4)nc3c2)c1. The van der Waals surface area contributed by atoms with E-state index in [9.17, 15) is 0 Å². The lowest BCUT2D eigenvalue weighted by atomic mass is 10.1. The number of hydrogen-bond acceptors (Lipinski definition) is 6. The molecule has 3 aromatic heterocycles. The first kappa shape index (κ1) is 12.4. The van der Waals surface area contributed by atoms with Gasteiger partial charge < -0.3 is 16.0 Å². The Morgan fingerprint density at radius 3 is 2.68 bits per heavy atom.